The summed E-state index contributed by atoms with van der Waals surface area (Å²) >= 11 is 0. The van der Waals surface area contributed by atoms with Crippen LogP contribution >= 0.6 is 0 Å². The summed E-state index contributed by atoms with van der Waals surface area (Å²) in [5.74, 6) is -2.69. The number of aliphatic carboxylic acids is 1. The van der Waals surface area contributed by atoms with E-state index in [-0.39, 0.29) is 18.4 Å². The van der Waals surface area contributed by atoms with Crippen LogP contribution in [0.1, 0.15) is 23.2 Å². The molecule has 1 heterocycles. The second-order valence-corrected chi connectivity index (χ2v) is 3.90. The molecular weight excluding hydrogens is 268 g/mol. The summed E-state index contributed by atoms with van der Waals surface area (Å²) in [5, 5.41) is 11.2. The number of aromatic amines is 1. The minimum absolute atomic E-state index is 0.127. The number of aromatic nitrogens is 1. The van der Waals surface area contributed by atoms with Gasteiger partial charge in [0.2, 0.25) is 0 Å². The number of carbonyl (C=O) groups is 3. The van der Waals surface area contributed by atoms with Crippen molar-refractivity contribution in [3.63, 3.8) is 0 Å². The second kappa shape index (κ2) is 7.07. The van der Waals surface area contributed by atoms with Gasteiger partial charge in [-0.15, -0.1) is 0 Å². The van der Waals surface area contributed by atoms with Crippen molar-refractivity contribution in [2.24, 2.45) is 0 Å². The van der Waals surface area contributed by atoms with Gasteiger partial charge in [0.15, 0.2) is 5.43 Å². The number of ether oxygens (including phenoxy) is 1. The number of H-pyrrole nitrogens is 1. The largest absolute Gasteiger partial charge is 0.480 e. The lowest BCUT2D eigenvalue weighted by Gasteiger charge is -2.13. The number of methoxy groups -OCH3 is 1. The summed E-state index contributed by atoms with van der Waals surface area (Å²) in [6.45, 7) is 0. The second-order valence-electron chi connectivity index (χ2n) is 3.90. The van der Waals surface area contributed by atoms with Crippen LogP contribution in [-0.2, 0) is 14.3 Å². The Labute approximate surface area is 113 Å². The molecule has 1 rings (SSSR count). The van der Waals surface area contributed by atoms with Gasteiger partial charge in [-0.25, -0.2) is 4.79 Å². The summed E-state index contributed by atoms with van der Waals surface area (Å²) < 4.78 is 4.39. The van der Waals surface area contributed by atoms with Crippen molar-refractivity contribution in [2.45, 2.75) is 18.9 Å². The van der Waals surface area contributed by atoms with E-state index in [2.05, 4.69) is 15.0 Å². The zero-order chi connectivity index (χ0) is 15.1. The van der Waals surface area contributed by atoms with Gasteiger partial charge in [0.05, 0.1) is 7.11 Å². The van der Waals surface area contributed by atoms with E-state index >= 15 is 0 Å². The number of amides is 1. The first-order valence-corrected chi connectivity index (χ1v) is 5.73. The van der Waals surface area contributed by atoms with Crippen molar-refractivity contribution < 1.29 is 24.2 Å². The van der Waals surface area contributed by atoms with E-state index in [9.17, 15) is 19.2 Å². The van der Waals surface area contributed by atoms with Crippen molar-refractivity contribution in [1.29, 1.82) is 0 Å². The lowest BCUT2D eigenvalue weighted by Crippen LogP contribution is -2.42. The SMILES string of the molecule is COC(=O)CC[C@H](NC(=O)c1c[nH]ccc1=O)C(=O)O. The molecule has 108 valence electrons. The molecular formula is C12H14N2O6. The number of rotatable bonds is 6. The van der Waals surface area contributed by atoms with Crippen molar-refractivity contribution in [2.75, 3.05) is 7.11 Å². The van der Waals surface area contributed by atoms with Gasteiger partial charge in [0, 0.05) is 24.9 Å². The van der Waals surface area contributed by atoms with E-state index in [1.807, 2.05) is 0 Å². The molecule has 0 bridgehead atoms. The van der Waals surface area contributed by atoms with Gasteiger partial charge in [-0.2, -0.15) is 0 Å². The van der Waals surface area contributed by atoms with Crippen LogP contribution in [0.5, 0.6) is 0 Å². The molecule has 8 heteroatoms. The fourth-order valence-electron chi connectivity index (χ4n) is 1.45. The van der Waals surface area contributed by atoms with E-state index in [0.29, 0.717) is 0 Å². The van der Waals surface area contributed by atoms with Gasteiger partial charge in [0.1, 0.15) is 11.6 Å². The molecule has 1 atom stereocenters. The maximum atomic E-state index is 11.8. The third kappa shape index (κ3) is 4.23. The first kappa shape index (κ1) is 15.4. The van der Waals surface area contributed by atoms with E-state index in [0.717, 1.165) is 6.07 Å². The Morgan fingerprint density at radius 2 is 2.15 bits per heavy atom. The van der Waals surface area contributed by atoms with Gasteiger partial charge < -0.3 is 20.1 Å². The third-order valence-corrected chi connectivity index (χ3v) is 2.54. The number of pyridine rings is 1. The molecule has 8 nitrogen and oxygen atoms in total. The highest BCUT2D eigenvalue weighted by molar-refractivity contribution is 5.96. The Morgan fingerprint density at radius 3 is 2.70 bits per heavy atom. The van der Waals surface area contributed by atoms with Crippen LogP contribution in [0.15, 0.2) is 23.3 Å². The van der Waals surface area contributed by atoms with Gasteiger partial charge in [-0.3, -0.25) is 14.4 Å². The highest BCUT2D eigenvalue weighted by atomic mass is 16.5. The predicted molar refractivity (Wildman–Crippen MR) is 67.2 cm³/mol. The molecule has 0 aliphatic carbocycles. The summed E-state index contributed by atoms with van der Waals surface area (Å²) in [4.78, 5) is 47.7. The fraction of sp³-hybridized carbons (Fsp3) is 0.333. The standard InChI is InChI=1S/C12H14N2O6/c1-20-10(16)3-2-8(12(18)19)14-11(17)7-6-13-5-4-9(7)15/h4-6,8H,2-3H2,1H3,(H,13,15)(H,14,17)(H,18,19)/t8-/m0/s1. The number of hydrogen-bond acceptors (Lipinski definition) is 5. The van der Waals surface area contributed by atoms with E-state index in [4.69, 9.17) is 5.11 Å². The average molecular weight is 282 g/mol. The smallest absolute Gasteiger partial charge is 0.326 e. The normalized spacial score (nSPS) is 11.4. The zero-order valence-electron chi connectivity index (χ0n) is 10.7. The Hall–Kier alpha value is -2.64. The maximum absolute atomic E-state index is 11.8. The molecule has 0 aliphatic rings. The van der Waals surface area contributed by atoms with Crippen molar-refractivity contribution >= 4 is 17.8 Å². The molecule has 0 saturated heterocycles. The Bertz CT molecular complexity index is 565. The van der Waals surface area contributed by atoms with Gasteiger partial charge in [-0.1, -0.05) is 0 Å². The lowest BCUT2D eigenvalue weighted by atomic mass is 10.1. The minimum Gasteiger partial charge on any atom is -0.480 e. The number of carbonyl (C=O) groups excluding carboxylic acids is 2. The highest BCUT2D eigenvalue weighted by Crippen LogP contribution is 2.01. The minimum atomic E-state index is -1.30. The fourth-order valence-corrected chi connectivity index (χ4v) is 1.45. The van der Waals surface area contributed by atoms with Gasteiger partial charge >= 0.3 is 11.9 Å². The molecule has 0 aliphatic heterocycles. The number of carboxylic acid groups (broad SMARTS) is 1. The van der Waals surface area contributed by atoms with Crippen LogP contribution in [-0.4, -0.2) is 41.1 Å². The third-order valence-electron chi connectivity index (χ3n) is 2.54. The van der Waals surface area contributed by atoms with Crippen molar-refractivity contribution in [3.8, 4) is 0 Å². The molecule has 0 aromatic carbocycles. The molecule has 1 aromatic rings. The topological polar surface area (TPSA) is 126 Å². The predicted octanol–water partition coefficient (Wildman–Crippen LogP) is -0.489. The lowest BCUT2D eigenvalue weighted by molar-refractivity contribution is -0.142. The number of hydrogen-bond donors (Lipinski definition) is 3. The molecule has 0 fully saturated rings. The summed E-state index contributed by atoms with van der Waals surface area (Å²) in [6, 6.07) is -0.125. The Kier molecular flexibility index (Phi) is 5.45. The molecule has 20 heavy (non-hydrogen) atoms. The number of nitrogens with one attached hydrogen (secondary N) is 2. The van der Waals surface area contributed by atoms with Crippen molar-refractivity contribution in [3.05, 3.63) is 34.2 Å². The molecule has 1 amide bonds. The zero-order valence-corrected chi connectivity index (χ0v) is 10.7. The van der Waals surface area contributed by atoms with Gasteiger partial charge in [0.25, 0.3) is 5.91 Å². The first-order chi connectivity index (χ1) is 9.45. The van der Waals surface area contributed by atoms with E-state index < -0.39 is 29.3 Å². The number of esters is 1. The summed E-state index contributed by atoms with van der Waals surface area (Å²) in [6.07, 6.45) is 2.25. The molecule has 3 N–H and O–H groups in total. The van der Waals surface area contributed by atoms with Crippen LogP contribution < -0.4 is 10.7 Å². The molecule has 0 spiro atoms. The summed E-state index contributed by atoms with van der Waals surface area (Å²) in [5.41, 5.74) is -0.727. The summed E-state index contributed by atoms with van der Waals surface area (Å²) in [7, 11) is 1.18. The van der Waals surface area contributed by atoms with Crippen LogP contribution in [0.3, 0.4) is 0 Å². The van der Waals surface area contributed by atoms with Crippen LogP contribution in [0.4, 0.5) is 0 Å². The maximum Gasteiger partial charge on any atom is 0.326 e. The van der Waals surface area contributed by atoms with Crippen LogP contribution in [0, 0.1) is 0 Å². The monoisotopic (exact) mass is 282 g/mol. The highest BCUT2D eigenvalue weighted by Gasteiger charge is 2.22. The number of carboxylic acids is 1. The van der Waals surface area contributed by atoms with Crippen LogP contribution in [0.2, 0.25) is 0 Å². The average Bonchev–Trinajstić information content (AvgIpc) is 2.42. The van der Waals surface area contributed by atoms with Crippen LogP contribution in [0.25, 0.3) is 0 Å². The van der Waals surface area contributed by atoms with Gasteiger partial charge in [-0.05, 0) is 6.42 Å². The molecule has 0 radical (unpaired) electrons. The van der Waals surface area contributed by atoms with E-state index in [1.54, 1.807) is 0 Å². The Balaban J connectivity index is 2.74. The quantitative estimate of drug-likeness (QED) is 0.604. The molecule has 0 unspecified atom stereocenters. The van der Waals surface area contributed by atoms with E-state index in [1.165, 1.54) is 19.5 Å². The Morgan fingerprint density at radius 1 is 1.45 bits per heavy atom. The van der Waals surface area contributed by atoms with Crippen molar-refractivity contribution in [1.82, 2.24) is 10.3 Å². The molecule has 1 aromatic heterocycles. The first-order valence-electron chi connectivity index (χ1n) is 5.73. The molecule has 0 saturated carbocycles.